The van der Waals surface area contributed by atoms with Crippen LogP contribution < -0.4 is 10.6 Å². The molecule has 0 spiro atoms. The molecule has 0 atom stereocenters. The zero-order chi connectivity index (χ0) is 18.2. The van der Waals surface area contributed by atoms with Gasteiger partial charge in [-0.1, -0.05) is 0 Å². The molecule has 5 rings (SSSR count). The van der Waals surface area contributed by atoms with Crippen LogP contribution in [0.15, 0.2) is 48.1 Å². The molecular weight excluding hydrogens is 364 g/mol. The Morgan fingerprint density at radius 2 is 1.70 bits per heavy atom. The van der Waals surface area contributed by atoms with Crippen molar-refractivity contribution in [2.75, 3.05) is 10.6 Å². The quantitative estimate of drug-likeness (QED) is 0.375. The van der Waals surface area contributed by atoms with Crippen molar-refractivity contribution in [2.45, 2.75) is 0 Å². The van der Waals surface area contributed by atoms with Gasteiger partial charge in [0.2, 0.25) is 11.9 Å². The van der Waals surface area contributed by atoms with Crippen LogP contribution in [0.4, 0.5) is 23.3 Å². The van der Waals surface area contributed by atoms with Gasteiger partial charge in [-0.3, -0.25) is 5.10 Å². The Balaban J connectivity index is 1.42. The molecule has 0 aliphatic heterocycles. The number of aromatic amines is 1. The zero-order valence-corrected chi connectivity index (χ0v) is 14.5. The Bertz CT molecular complexity index is 1170. The first kappa shape index (κ1) is 15.5. The van der Waals surface area contributed by atoms with E-state index < -0.39 is 0 Å². The number of thiazole rings is 1. The van der Waals surface area contributed by atoms with Crippen molar-refractivity contribution in [3.05, 3.63) is 48.1 Å². The molecule has 3 aromatic heterocycles. The van der Waals surface area contributed by atoms with Crippen LogP contribution in [0.2, 0.25) is 0 Å². The first-order valence-electron chi connectivity index (χ1n) is 7.98. The van der Waals surface area contributed by atoms with Gasteiger partial charge in [-0.25, -0.2) is 4.98 Å². The van der Waals surface area contributed by atoms with Crippen molar-refractivity contribution in [2.24, 2.45) is 0 Å². The Kier molecular flexibility index (Phi) is 3.54. The van der Waals surface area contributed by atoms with Crippen molar-refractivity contribution < 1.29 is 5.11 Å². The lowest BCUT2D eigenvalue weighted by Gasteiger charge is -2.08. The molecule has 3 heterocycles. The molecule has 5 aromatic rings. The minimum atomic E-state index is -0.378. The Morgan fingerprint density at radius 3 is 2.56 bits per heavy atom. The summed E-state index contributed by atoms with van der Waals surface area (Å²) in [5, 5.41) is 23.9. The fourth-order valence-electron chi connectivity index (χ4n) is 2.68. The van der Waals surface area contributed by atoms with Crippen molar-refractivity contribution >= 4 is 55.7 Å². The van der Waals surface area contributed by atoms with E-state index in [1.165, 1.54) is 0 Å². The Labute approximate surface area is 156 Å². The molecule has 0 fully saturated rings. The molecule has 9 nitrogen and oxygen atoms in total. The summed E-state index contributed by atoms with van der Waals surface area (Å²) >= 11 is 1.55. The summed E-state index contributed by atoms with van der Waals surface area (Å²) in [5.74, 6) is 0.458. The molecule has 4 N–H and O–H groups in total. The number of benzene rings is 2. The lowest BCUT2D eigenvalue weighted by atomic mass is 10.2. The van der Waals surface area contributed by atoms with Gasteiger partial charge >= 0.3 is 6.01 Å². The average Bonchev–Trinajstić information content (AvgIpc) is 3.29. The first-order chi connectivity index (χ1) is 13.2. The lowest BCUT2D eigenvalue weighted by Crippen LogP contribution is -2.03. The Morgan fingerprint density at radius 1 is 0.926 bits per heavy atom. The van der Waals surface area contributed by atoms with Crippen molar-refractivity contribution in [3.63, 3.8) is 0 Å². The molecule has 132 valence electrons. The fraction of sp³-hybridized carbons (Fsp3) is 0. The third-order valence-corrected chi connectivity index (χ3v) is 4.70. The highest BCUT2D eigenvalue weighted by molar-refractivity contribution is 7.16. The zero-order valence-electron chi connectivity index (χ0n) is 13.7. The molecule has 0 amide bonds. The standard InChI is InChI=1S/C17H12N8OS/c26-17-23-15(20-10-2-1-9-7-19-25-13(9)5-10)22-16(24-17)21-11-3-4-12-14(6-11)27-8-18-12/h1-8H,(H,19,25)(H3,20,21,22,23,24,26). The van der Waals surface area contributed by atoms with E-state index in [1.807, 2.05) is 36.4 Å². The highest BCUT2D eigenvalue weighted by Crippen LogP contribution is 2.25. The molecule has 0 saturated heterocycles. The van der Waals surface area contributed by atoms with Crippen LogP contribution in [0.1, 0.15) is 0 Å². The van der Waals surface area contributed by atoms with Gasteiger partial charge in [0, 0.05) is 16.8 Å². The van der Waals surface area contributed by atoms with Crippen molar-refractivity contribution in [1.29, 1.82) is 0 Å². The van der Waals surface area contributed by atoms with Crippen LogP contribution >= 0.6 is 11.3 Å². The summed E-state index contributed by atoms with van der Waals surface area (Å²) in [6.45, 7) is 0. The van der Waals surface area contributed by atoms with Gasteiger partial charge in [0.25, 0.3) is 0 Å². The van der Waals surface area contributed by atoms with E-state index in [2.05, 4.69) is 40.8 Å². The summed E-state index contributed by atoms with van der Waals surface area (Å²) in [6.07, 6.45) is 1.75. The summed E-state index contributed by atoms with van der Waals surface area (Å²) in [5.41, 5.74) is 5.16. The molecule has 0 bridgehead atoms. The van der Waals surface area contributed by atoms with Gasteiger partial charge in [-0.15, -0.1) is 11.3 Å². The number of anilines is 4. The number of H-pyrrole nitrogens is 1. The maximum Gasteiger partial charge on any atom is 0.320 e. The second-order valence-corrected chi connectivity index (χ2v) is 6.63. The molecule has 0 aliphatic carbocycles. The van der Waals surface area contributed by atoms with Gasteiger partial charge in [0.15, 0.2) is 0 Å². The van der Waals surface area contributed by atoms with E-state index in [1.54, 1.807) is 23.0 Å². The summed E-state index contributed by atoms with van der Waals surface area (Å²) in [7, 11) is 0. The highest BCUT2D eigenvalue weighted by atomic mass is 32.1. The van der Waals surface area contributed by atoms with E-state index in [0.717, 1.165) is 32.5 Å². The maximum absolute atomic E-state index is 9.86. The predicted octanol–water partition coefficient (Wildman–Crippen LogP) is 3.55. The van der Waals surface area contributed by atoms with Crippen LogP contribution in [0.25, 0.3) is 21.1 Å². The van der Waals surface area contributed by atoms with Gasteiger partial charge < -0.3 is 15.7 Å². The van der Waals surface area contributed by atoms with Gasteiger partial charge in [0.05, 0.1) is 27.4 Å². The third kappa shape index (κ3) is 3.09. The molecule has 0 aliphatic rings. The summed E-state index contributed by atoms with van der Waals surface area (Å²) < 4.78 is 1.05. The lowest BCUT2D eigenvalue weighted by molar-refractivity contribution is 0.430. The largest absolute Gasteiger partial charge is 0.479 e. The normalized spacial score (nSPS) is 11.1. The average molecular weight is 376 g/mol. The molecule has 0 unspecified atom stereocenters. The summed E-state index contributed by atoms with van der Waals surface area (Å²) in [4.78, 5) is 16.4. The van der Waals surface area contributed by atoms with Crippen LogP contribution in [-0.2, 0) is 0 Å². The van der Waals surface area contributed by atoms with Crippen LogP contribution in [-0.4, -0.2) is 35.2 Å². The monoisotopic (exact) mass is 376 g/mol. The SMILES string of the molecule is Oc1nc(Nc2ccc3cn[nH]c3c2)nc(Nc2ccc3ncsc3c2)n1. The van der Waals surface area contributed by atoms with Crippen molar-refractivity contribution in [1.82, 2.24) is 30.1 Å². The van der Waals surface area contributed by atoms with Crippen LogP contribution in [0.5, 0.6) is 6.01 Å². The second-order valence-electron chi connectivity index (χ2n) is 5.74. The first-order valence-corrected chi connectivity index (χ1v) is 8.86. The van der Waals surface area contributed by atoms with Crippen molar-refractivity contribution in [3.8, 4) is 6.01 Å². The number of nitrogens with one attached hydrogen (secondary N) is 3. The number of rotatable bonds is 4. The second kappa shape index (κ2) is 6.18. The smallest absolute Gasteiger partial charge is 0.320 e. The molecule has 0 saturated carbocycles. The molecule has 10 heteroatoms. The van der Waals surface area contributed by atoms with E-state index in [4.69, 9.17) is 0 Å². The fourth-order valence-corrected chi connectivity index (χ4v) is 3.40. The van der Waals surface area contributed by atoms with Gasteiger partial charge in [-0.05, 0) is 36.4 Å². The number of aromatic nitrogens is 6. The maximum atomic E-state index is 9.86. The number of fused-ring (bicyclic) bond motifs is 2. The predicted molar refractivity (Wildman–Crippen MR) is 104 cm³/mol. The highest BCUT2D eigenvalue weighted by Gasteiger charge is 2.08. The van der Waals surface area contributed by atoms with E-state index in [0.29, 0.717) is 0 Å². The van der Waals surface area contributed by atoms with Crippen LogP contribution in [0, 0.1) is 0 Å². The van der Waals surface area contributed by atoms with Crippen LogP contribution in [0.3, 0.4) is 0 Å². The minimum Gasteiger partial charge on any atom is -0.479 e. The van der Waals surface area contributed by atoms with Gasteiger partial charge in [-0.2, -0.15) is 20.1 Å². The third-order valence-electron chi connectivity index (χ3n) is 3.91. The van der Waals surface area contributed by atoms with Gasteiger partial charge in [0.1, 0.15) is 0 Å². The number of hydrogen-bond donors (Lipinski definition) is 4. The molecular formula is C17H12N8OS. The topological polar surface area (TPSA) is 125 Å². The Hall–Kier alpha value is -3.79. The minimum absolute atomic E-state index is 0.225. The summed E-state index contributed by atoms with van der Waals surface area (Å²) in [6, 6.07) is 11.0. The van der Waals surface area contributed by atoms with E-state index in [9.17, 15) is 5.11 Å². The molecule has 2 aromatic carbocycles. The number of hydrogen-bond acceptors (Lipinski definition) is 9. The number of aromatic hydroxyl groups is 1. The number of nitrogens with zero attached hydrogens (tertiary/aromatic N) is 5. The molecule has 0 radical (unpaired) electrons. The van der Waals surface area contributed by atoms with E-state index >= 15 is 0 Å². The molecule has 27 heavy (non-hydrogen) atoms. The van der Waals surface area contributed by atoms with E-state index in [-0.39, 0.29) is 17.9 Å².